The van der Waals surface area contributed by atoms with Crippen molar-refractivity contribution in [2.24, 2.45) is 0 Å². The van der Waals surface area contributed by atoms with Crippen LogP contribution in [0.2, 0.25) is 0 Å². The molecule has 1 aromatic heterocycles. The number of hydrogen-bond donors (Lipinski definition) is 0. The normalized spacial score (nSPS) is 13.1. The lowest BCUT2D eigenvalue weighted by atomic mass is 10.0. The van der Waals surface area contributed by atoms with E-state index in [1.54, 1.807) is 0 Å². The van der Waals surface area contributed by atoms with Gasteiger partial charge in [0.2, 0.25) is 0 Å². The third-order valence-corrected chi connectivity index (χ3v) is 11.7. The standard InChI is InChI=1S/C26H35NS/c1-17(2)28(18(3)4,19(5)6)24-9-10-25-22(16-24)11-12-27-26(25)23-14-20(7)13-21(8)15-23/h9-19H,1-8H3. The molecule has 0 unspecified atom stereocenters. The predicted octanol–water partition coefficient (Wildman–Crippen LogP) is 7.91. The highest BCUT2D eigenvalue weighted by atomic mass is 32.3. The van der Waals surface area contributed by atoms with Crippen LogP contribution in [0, 0.1) is 13.8 Å². The SMILES string of the molecule is Cc1cc(C)cc(-c2nccc3cc(S(C(C)C)(C(C)C)C(C)C)ccc23)c1. The average Bonchev–Trinajstić information content (AvgIpc) is 2.59. The summed E-state index contributed by atoms with van der Waals surface area (Å²) in [5.41, 5.74) is 4.88. The Balaban J connectivity index is 2.23. The van der Waals surface area contributed by atoms with Gasteiger partial charge in [0.1, 0.15) is 0 Å². The first-order chi connectivity index (χ1) is 13.2. The molecule has 0 radical (unpaired) electrons. The molecule has 0 bridgehead atoms. The average molecular weight is 394 g/mol. The molecule has 1 heterocycles. The minimum absolute atomic E-state index is 0.658. The van der Waals surface area contributed by atoms with Crippen LogP contribution in [0.1, 0.15) is 52.7 Å². The first-order valence-electron chi connectivity index (χ1n) is 10.4. The molecular formula is C26H35NS. The van der Waals surface area contributed by atoms with Gasteiger partial charge in [0.25, 0.3) is 0 Å². The van der Waals surface area contributed by atoms with Crippen molar-refractivity contribution in [1.82, 2.24) is 4.98 Å². The van der Waals surface area contributed by atoms with Gasteiger partial charge in [0, 0.05) is 17.1 Å². The van der Waals surface area contributed by atoms with Gasteiger partial charge in [-0.3, -0.25) is 4.98 Å². The second-order valence-corrected chi connectivity index (χ2v) is 13.7. The van der Waals surface area contributed by atoms with Crippen molar-refractivity contribution in [2.45, 2.75) is 76.0 Å². The van der Waals surface area contributed by atoms with Gasteiger partial charge in [-0.15, -0.1) is 0 Å². The van der Waals surface area contributed by atoms with Crippen molar-refractivity contribution in [3.63, 3.8) is 0 Å². The van der Waals surface area contributed by atoms with E-state index in [1.807, 2.05) is 6.20 Å². The number of nitrogens with zero attached hydrogens (tertiary/aromatic N) is 1. The topological polar surface area (TPSA) is 12.9 Å². The number of rotatable bonds is 5. The van der Waals surface area contributed by atoms with E-state index in [0.29, 0.717) is 15.7 Å². The van der Waals surface area contributed by atoms with Crippen LogP contribution in [-0.4, -0.2) is 20.7 Å². The van der Waals surface area contributed by atoms with E-state index in [9.17, 15) is 0 Å². The quantitative estimate of drug-likeness (QED) is 0.429. The van der Waals surface area contributed by atoms with E-state index in [-0.39, 0.29) is 0 Å². The minimum atomic E-state index is -0.928. The minimum Gasteiger partial charge on any atom is -0.256 e. The van der Waals surface area contributed by atoms with Crippen LogP contribution in [-0.2, 0) is 0 Å². The highest BCUT2D eigenvalue weighted by molar-refractivity contribution is 8.35. The molecule has 2 aromatic carbocycles. The predicted molar refractivity (Wildman–Crippen MR) is 128 cm³/mol. The number of aryl methyl sites for hydroxylation is 2. The maximum absolute atomic E-state index is 4.76. The number of pyridine rings is 1. The fraction of sp³-hybridized carbons (Fsp3) is 0.423. The van der Waals surface area contributed by atoms with Crippen molar-refractivity contribution in [2.75, 3.05) is 0 Å². The molecule has 0 aliphatic carbocycles. The zero-order valence-electron chi connectivity index (χ0n) is 18.7. The monoisotopic (exact) mass is 393 g/mol. The molecule has 0 saturated heterocycles. The van der Waals surface area contributed by atoms with Crippen molar-refractivity contribution >= 4 is 20.8 Å². The first-order valence-corrected chi connectivity index (χ1v) is 12.3. The van der Waals surface area contributed by atoms with Crippen molar-refractivity contribution in [3.05, 3.63) is 59.8 Å². The number of aromatic nitrogens is 1. The second kappa shape index (κ2) is 7.91. The molecule has 0 fully saturated rings. The van der Waals surface area contributed by atoms with Gasteiger partial charge >= 0.3 is 0 Å². The number of benzene rings is 2. The summed E-state index contributed by atoms with van der Waals surface area (Å²) < 4.78 is 0. The van der Waals surface area contributed by atoms with Gasteiger partial charge in [-0.05, 0) is 70.2 Å². The Morgan fingerprint density at radius 3 is 1.82 bits per heavy atom. The first kappa shape index (κ1) is 20.9. The zero-order valence-corrected chi connectivity index (χ0v) is 19.5. The van der Waals surface area contributed by atoms with Crippen molar-refractivity contribution < 1.29 is 0 Å². The van der Waals surface area contributed by atoms with E-state index in [1.165, 1.54) is 32.4 Å². The summed E-state index contributed by atoms with van der Waals surface area (Å²) in [7, 11) is -0.928. The molecule has 0 amide bonds. The third-order valence-electron chi connectivity index (χ3n) is 5.98. The molecule has 0 aliphatic rings. The van der Waals surface area contributed by atoms with Crippen LogP contribution < -0.4 is 0 Å². The molecule has 2 heteroatoms. The van der Waals surface area contributed by atoms with Crippen LogP contribution in [0.25, 0.3) is 22.0 Å². The van der Waals surface area contributed by atoms with E-state index in [2.05, 4.69) is 97.9 Å². The highest BCUT2D eigenvalue weighted by Gasteiger charge is 2.36. The van der Waals surface area contributed by atoms with E-state index in [0.717, 1.165) is 5.69 Å². The summed E-state index contributed by atoms with van der Waals surface area (Å²) in [5.74, 6) is 0. The van der Waals surface area contributed by atoms with E-state index < -0.39 is 10.0 Å². The highest BCUT2D eigenvalue weighted by Crippen LogP contribution is 2.66. The Kier molecular flexibility index (Phi) is 5.91. The molecule has 0 spiro atoms. The maximum Gasteiger partial charge on any atom is 0.0780 e. The van der Waals surface area contributed by atoms with Gasteiger partial charge in [-0.1, -0.05) is 64.8 Å². The van der Waals surface area contributed by atoms with E-state index >= 15 is 0 Å². The summed E-state index contributed by atoms with van der Waals surface area (Å²) in [6.07, 6.45) is 1.97. The zero-order chi connectivity index (χ0) is 20.6. The lowest BCUT2D eigenvalue weighted by molar-refractivity contribution is 0.936. The molecule has 0 atom stereocenters. The Morgan fingerprint density at radius 1 is 0.714 bits per heavy atom. The fourth-order valence-electron chi connectivity index (χ4n) is 5.17. The molecule has 1 nitrogen and oxygen atoms in total. The summed E-state index contributed by atoms with van der Waals surface area (Å²) in [6, 6.07) is 16.1. The van der Waals surface area contributed by atoms with Crippen LogP contribution >= 0.6 is 10.0 Å². The number of hydrogen-bond acceptors (Lipinski definition) is 1. The number of fused-ring (bicyclic) bond motifs is 1. The Morgan fingerprint density at radius 2 is 1.29 bits per heavy atom. The fourth-order valence-corrected chi connectivity index (χ4v) is 10.7. The molecule has 28 heavy (non-hydrogen) atoms. The molecule has 3 aromatic rings. The maximum atomic E-state index is 4.76. The lowest BCUT2D eigenvalue weighted by Crippen LogP contribution is -2.28. The third kappa shape index (κ3) is 3.48. The largest absolute Gasteiger partial charge is 0.256 e. The van der Waals surface area contributed by atoms with Crippen molar-refractivity contribution in [1.29, 1.82) is 0 Å². The van der Waals surface area contributed by atoms with Crippen LogP contribution in [0.4, 0.5) is 0 Å². The Hall–Kier alpha value is -1.80. The van der Waals surface area contributed by atoms with Crippen LogP contribution in [0.15, 0.2) is 53.6 Å². The van der Waals surface area contributed by atoms with Gasteiger partial charge in [0.05, 0.1) is 5.69 Å². The molecule has 0 N–H and O–H groups in total. The molecule has 150 valence electrons. The molecule has 3 rings (SSSR count). The Bertz CT molecular complexity index is 943. The van der Waals surface area contributed by atoms with Gasteiger partial charge in [0.15, 0.2) is 0 Å². The summed E-state index contributed by atoms with van der Waals surface area (Å²) >= 11 is 0. The lowest BCUT2D eigenvalue weighted by Gasteiger charge is -2.52. The summed E-state index contributed by atoms with van der Waals surface area (Å²) in [4.78, 5) is 6.30. The van der Waals surface area contributed by atoms with Crippen LogP contribution in [0.3, 0.4) is 0 Å². The summed E-state index contributed by atoms with van der Waals surface area (Å²) in [6.45, 7) is 18.8. The Labute approximate surface area is 172 Å². The smallest absolute Gasteiger partial charge is 0.0780 e. The van der Waals surface area contributed by atoms with Gasteiger partial charge < -0.3 is 0 Å². The van der Waals surface area contributed by atoms with Gasteiger partial charge in [-0.2, -0.15) is 0 Å². The molecular weight excluding hydrogens is 358 g/mol. The summed E-state index contributed by atoms with van der Waals surface area (Å²) in [5, 5.41) is 4.53. The van der Waals surface area contributed by atoms with Crippen molar-refractivity contribution in [3.8, 4) is 11.3 Å². The molecule has 0 aliphatic heterocycles. The second-order valence-electron chi connectivity index (χ2n) is 8.83. The van der Waals surface area contributed by atoms with E-state index in [4.69, 9.17) is 4.98 Å². The van der Waals surface area contributed by atoms with Gasteiger partial charge in [-0.25, -0.2) is 10.0 Å². The van der Waals surface area contributed by atoms with Crippen LogP contribution in [0.5, 0.6) is 0 Å². The molecule has 0 saturated carbocycles.